The highest BCUT2D eigenvalue weighted by Crippen LogP contribution is 2.46. The Bertz CT molecular complexity index is 869. The molecule has 1 aromatic carbocycles. The lowest BCUT2D eigenvalue weighted by molar-refractivity contribution is -0.00358. The van der Waals surface area contributed by atoms with Gasteiger partial charge >= 0.3 is 0 Å². The topological polar surface area (TPSA) is 69.3 Å². The molecule has 4 aliphatic heterocycles. The number of amides is 1. The smallest absolute Gasteiger partial charge is 0.272 e. The summed E-state index contributed by atoms with van der Waals surface area (Å²) in [4.78, 5) is 29.5. The number of carbonyl (C=O) groups is 2. The number of ketones is 1. The Balaban J connectivity index is 1.50. The summed E-state index contributed by atoms with van der Waals surface area (Å²) in [6.07, 6.45) is 2.32. The number of rotatable bonds is 3. The minimum atomic E-state index is -0.130. The summed E-state index contributed by atoms with van der Waals surface area (Å²) in [6.45, 7) is 4.46. The fraction of sp³-hybridized carbons (Fsp3) is 0.476. The number of fused-ring (bicyclic) bond motifs is 2. The summed E-state index contributed by atoms with van der Waals surface area (Å²) in [6, 6.07) is 12.8. The quantitative estimate of drug-likeness (QED) is 0.849. The number of benzene rings is 1. The molecule has 3 atom stereocenters. The number of H-pyrrole nitrogens is 1. The minimum Gasteiger partial charge on any atom is -0.332 e. The summed E-state index contributed by atoms with van der Waals surface area (Å²) in [5, 5.41) is 6.79. The number of Topliss-reactive ketones (excluding diaryl/α,β-unsaturated/α-hetero) is 1. The largest absolute Gasteiger partial charge is 0.332 e. The lowest BCUT2D eigenvalue weighted by atomic mass is 9.75. The number of aromatic nitrogens is 2. The van der Waals surface area contributed by atoms with Gasteiger partial charge in [0.15, 0.2) is 5.78 Å². The van der Waals surface area contributed by atoms with Gasteiger partial charge < -0.3 is 4.90 Å². The highest BCUT2D eigenvalue weighted by molar-refractivity contribution is 5.97. The molecular weight excluding hydrogens is 340 g/mol. The van der Waals surface area contributed by atoms with Crippen LogP contribution in [-0.4, -0.2) is 63.4 Å². The second-order valence-corrected chi connectivity index (χ2v) is 8.05. The van der Waals surface area contributed by atoms with Gasteiger partial charge in [0.1, 0.15) is 11.4 Å². The van der Waals surface area contributed by atoms with E-state index in [1.165, 1.54) is 12.5 Å². The molecule has 6 rings (SSSR count). The number of carbonyl (C=O) groups excluding carboxylic acids is 2. The third kappa shape index (κ3) is 2.62. The summed E-state index contributed by atoms with van der Waals surface area (Å²) in [5.74, 6) is 0.734. The van der Waals surface area contributed by atoms with Crippen molar-refractivity contribution in [3.05, 3.63) is 53.3 Å². The lowest BCUT2D eigenvalue weighted by Gasteiger charge is -2.51. The first kappa shape index (κ1) is 16.7. The van der Waals surface area contributed by atoms with Crippen LogP contribution >= 0.6 is 0 Å². The summed E-state index contributed by atoms with van der Waals surface area (Å²) in [5.41, 5.74) is 2.05. The van der Waals surface area contributed by atoms with Crippen LogP contribution in [-0.2, 0) is 0 Å². The van der Waals surface area contributed by atoms with Crippen LogP contribution in [0.15, 0.2) is 36.4 Å². The Hall–Kier alpha value is -2.47. The highest BCUT2D eigenvalue weighted by Gasteiger charge is 2.54. The molecule has 0 spiro atoms. The predicted octanol–water partition coefficient (Wildman–Crippen LogP) is 2.31. The van der Waals surface area contributed by atoms with Gasteiger partial charge in [-0.1, -0.05) is 30.3 Å². The maximum absolute atomic E-state index is 13.3. The molecule has 0 aliphatic carbocycles. The summed E-state index contributed by atoms with van der Waals surface area (Å²) in [7, 11) is 0. The average Bonchev–Trinajstić information content (AvgIpc) is 3.36. The lowest BCUT2D eigenvalue weighted by Crippen LogP contribution is -2.60. The second-order valence-electron chi connectivity index (χ2n) is 8.05. The van der Waals surface area contributed by atoms with E-state index in [2.05, 4.69) is 44.3 Å². The minimum absolute atomic E-state index is 0.0304. The maximum atomic E-state index is 13.3. The van der Waals surface area contributed by atoms with E-state index < -0.39 is 0 Å². The van der Waals surface area contributed by atoms with E-state index in [4.69, 9.17) is 0 Å². The molecule has 2 bridgehead atoms. The average molecular weight is 364 g/mol. The number of piperidine rings is 3. The molecule has 1 N–H and O–H groups in total. The second kappa shape index (κ2) is 6.30. The first-order chi connectivity index (χ1) is 13.1. The fourth-order valence-electron chi connectivity index (χ4n) is 5.41. The van der Waals surface area contributed by atoms with Crippen LogP contribution in [0.2, 0.25) is 0 Å². The van der Waals surface area contributed by atoms with E-state index in [1.54, 1.807) is 6.07 Å². The molecule has 140 valence electrons. The van der Waals surface area contributed by atoms with Gasteiger partial charge in [-0.15, -0.1) is 0 Å². The first-order valence-electron chi connectivity index (χ1n) is 9.80. The molecule has 27 heavy (non-hydrogen) atoms. The molecule has 4 fully saturated rings. The Kier molecular flexibility index (Phi) is 3.90. The Labute approximate surface area is 158 Å². The molecule has 3 unspecified atom stereocenters. The molecule has 5 heterocycles. The van der Waals surface area contributed by atoms with Crippen LogP contribution in [0.5, 0.6) is 0 Å². The van der Waals surface area contributed by atoms with Gasteiger partial charge in [-0.05, 0) is 43.5 Å². The van der Waals surface area contributed by atoms with Crippen LogP contribution in [0, 0.1) is 5.92 Å². The molecule has 0 radical (unpaired) electrons. The first-order valence-corrected chi connectivity index (χ1v) is 9.80. The predicted molar refractivity (Wildman–Crippen MR) is 101 cm³/mol. The number of nitrogens with zero attached hydrogens (tertiary/aromatic N) is 3. The molecular formula is C21H24N4O2. The van der Waals surface area contributed by atoms with Crippen molar-refractivity contribution in [1.29, 1.82) is 0 Å². The normalized spacial score (nSPS) is 31.7. The van der Waals surface area contributed by atoms with E-state index >= 15 is 0 Å². The zero-order valence-electron chi connectivity index (χ0n) is 15.5. The van der Waals surface area contributed by atoms with Gasteiger partial charge in [0.2, 0.25) is 0 Å². The summed E-state index contributed by atoms with van der Waals surface area (Å²) >= 11 is 0. The van der Waals surface area contributed by atoms with Crippen LogP contribution in [0.1, 0.15) is 52.2 Å². The molecule has 4 aliphatic rings. The van der Waals surface area contributed by atoms with Gasteiger partial charge in [0.25, 0.3) is 5.91 Å². The van der Waals surface area contributed by atoms with Crippen molar-refractivity contribution in [2.45, 2.75) is 37.8 Å². The van der Waals surface area contributed by atoms with Crippen molar-refractivity contribution < 1.29 is 9.59 Å². The monoisotopic (exact) mass is 364 g/mol. The van der Waals surface area contributed by atoms with Gasteiger partial charge in [-0.3, -0.25) is 19.6 Å². The Morgan fingerprint density at radius 3 is 2.52 bits per heavy atom. The van der Waals surface area contributed by atoms with E-state index in [0.29, 0.717) is 29.3 Å². The van der Waals surface area contributed by atoms with Crippen molar-refractivity contribution in [3.8, 4) is 0 Å². The zero-order valence-corrected chi connectivity index (χ0v) is 15.5. The van der Waals surface area contributed by atoms with Gasteiger partial charge in [-0.2, -0.15) is 5.10 Å². The zero-order chi connectivity index (χ0) is 18.5. The molecule has 4 saturated heterocycles. The van der Waals surface area contributed by atoms with E-state index in [1.807, 2.05) is 6.07 Å². The number of hydrogen-bond donors (Lipinski definition) is 1. The van der Waals surface area contributed by atoms with Crippen LogP contribution in [0.3, 0.4) is 0 Å². The van der Waals surface area contributed by atoms with Gasteiger partial charge in [0.05, 0.1) is 6.04 Å². The summed E-state index contributed by atoms with van der Waals surface area (Å²) < 4.78 is 0. The van der Waals surface area contributed by atoms with E-state index in [-0.39, 0.29) is 17.7 Å². The third-order valence-electron chi connectivity index (χ3n) is 6.65. The van der Waals surface area contributed by atoms with Gasteiger partial charge in [-0.25, -0.2) is 0 Å². The molecule has 1 aromatic heterocycles. The Morgan fingerprint density at radius 2 is 1.85 bits per heavy atom. The standard InChI is InChI=1S/C21H24N4O2/c1-13(26)17-11-18(23-22-17)21(27)25-12-16(14-5-3-2-4-6-14)20-19(25)15-7-9-24(20)10-8-15/h2-6,11,15-16,19-20H,7-10,12H2,1H3,(H,22,23). The van der Waals surface area contributed by atoms with Crippen molar-refractivity contribution >= 4 is 11.7 Å². The Morgan fingerprint density at radius 1 is 1.11 bits per heavy atom. The number of hydrogen-bond acceptors (Lipinski definition) is 4. The van der Waals surface area contributed by atoms with Crippen molar-refractivity contribution in [3.63, 3.8) is 0 Å². The highest BCUT2D eigenvalue weighted by atomic mass is 16.2. The van der Waals surface area contributed by atoms with E-state index in [9.17, 15) is 9.59 Å². The molecule has 0 saturated carbocycles. The molecule has 6 nitrogen and oxygen atoms in total. The number of nitrogens with one attached hydrogen (secondary N) is 1. The van der Waals surface area contributed by atoms with Gasteiger partial charge in [0, 0.05) is 25.4 Å². The van der Waals surface area contributed by atoms with Crippen molar-refractivity contribution in [2.24, 2.45) is 5.92 Å². The van der Waals surface area contributed by atoms with Crippen molar-refractivity contribution in [2.75, 3.05) is 19.6 Å². The third-order valence-corrected chi connectivity index (χ3v) is 6.65. The van der Waals surface area contributed by atoms with E-state index in [0.717, 1.165) is 32.5 Å². The number of aromatic amines is 1. The molecule has 1 amide bonds. The SMILES string of the molecule is CC(=O)c1cc(C(=O)N2CC(c3ccccc3)C3C2C2CCN3CC2)[nH]n1. The molecule has 6 heteroatoms. The van der Waals surface area contributed by atoms with Crippen molar-refractivity contribution in [1.82, 2.24) is 20.0 Å². The van der Waals surface area contributed by atoms with Crippen LogP contribution < -0.4 is 0 Å². The molecule has 2 aromatic rings. The number of likely N-dealkylation sites (tertiary alicyclic amines) is 1. The van der Waals surface area contributed by atoms with Crippen LogP contribution in [0.25, 0.3) is 0 Å². The fourth-order valence-corrected chi connectivity index (χ4v) is 5.41. The van der Waals surface area contributed by atoms with Crippen LogP contribution in [0.4, 0.5) is 0 Å². The maximum Gasteiger partial charge on any atom is 0.272 e.